The van der Waals surface area contributed by atoms with E-state index in [1.165, 1.54) is 5.56 Å². The average molecular weight is 293 g/mol. The van der Waals surface area contributed by atoms with E-state index in [-0.39, 0.29) is 0 Å². The van der Waals surface area contributed by atoms with Gasteiger partial charge in [0.2, 0.25) is 0 Å². The summed E-state index contributed by atoms with van der Waals surface area (Å²) < 4.78 is 0. The first-order valence-corrected chi connectivity index (χ1v) is 7.52. The summed E-state index contributed by atoms with van der Waals surface area (Å²) in [5.74, 6) is 0.595. The predicted octanol–water partition coefficient (Wildman–Crippen LogP) is 2.65. The van der Waals surface area contributed by atoms with E-state index in [4.69, 9.17) is 18.0 Å². The van der Waals surface area contributed by atoms with Gasteiger partial charge in [0.25, 0.3) is 0 Å². The Morgan fingerprint density at radius 3 is 2.40 bits per heavy atom. The van der Waals surface area contributed by atoms with Crippen LogP contribution in [0.5, 0.6) is 0 Å². The molecule has 0 fully saturated rings. The van der Waals surface area contributed by atoms with Gasteiger partial charge in [-0.1, -0.05) is 37.7 Å². The molecule has 1 rings (SSSR count). The van der Waals surface area contributed by atoms with Crippen LogP contribution in [-0.2, 0) is 0 Å². The molecule has 0 aliphatic rings. The van der Waals surface area contributed by atoms with Crippen LogP contribution in [0.3, 0.4) is 0 Å². The minimum Gasteiger partial charge on any atom is -0.389 e. The molecule has 0 aliphatic heterocycles. The number of hydrogen-bond donors (Lipinski definition) is 1. The fraction of sp³-hybridized carbons (Fsp3) is 0.562. The van der Waals surface area contributed by atoms with Crippen molar-refractivity contribution in [2.45, 2.75) is 20.8 Å². The second-order valence-electron chi connectivity index (χ2n) is 6.03. The van der Waals surface area contributed by atoms with Crippen molar-refractivity contribution in [3.05, 3.63) is 29.3 Å². The van der Waals surface area contributed by atoms with Crippen LogP contribution in [0.2, 0.25) is 0 Å². The lowest BCUT2D eigenvalue weighted by molar-refractivity contribution is 0.409. The molecule has 0 bridgehead atoms. The van der Waals surface area contributed by atoms with E-state index >= 15 is 0 Å². The molecular formula is C16H27N3S. The van der Waals surface area contributed by atoms with Gasteiger partial charge in [0.15, 0.2) is 0 Å². The lowest BCUT2D eigenvalue weighted by atomic mass is 10.1. The average Bonchev–Trinajstić information content (AvgIpc) is 2.33. The van der Waals surface area contributed by atoms with Crippen molar-refractivity contribution in [2.24, 2.45) is 11.7 Å². The molecule has 1 aromatic rings. The number of nitrogens with zero attached hydrogens (tertiary/aromatic N) is 2. The number of benzene rings is 1. The van der Waals surface area contributed by atoms with Crippen molar-refractivity contribution in [3.63, 3.8) is 0 Å². The smallest absolute Gasteiger partial charge is 0.106 e. The van der Waals surface area contributed by atoms with Gasteiger partial charge in [-0.15, -0.1) is 0 Å². The Kier molecular flexibility index (Phi) is 6.43. The van der Waals surface area contributed by atoms with Crippen LogP contribution in [0.4, 0.5) is 5.69 Å². The van der Waals surface area contributed by atoms with Gasteiger partial charge in [0.1, 0.15) is 4.99 Å². The highest BCUT2D eigenvalue weighted by atomic mass is 32.1. The maximum atomic E-state index is 5.90. The Morgan fingerprint density at radius 1 is 1.25 bits per heavy atom. The van der Waals surface area contributed by atoms with E-state index < -0.39 is 0 Å². The van der Waals surface area contributed by atoms with Gasteiger partial charge < -0.3 is 15.5 Å². The molecule has 0 amide bonds. The minimum absolute atomic E-state index is 0.474. The van der Waals surface area contributed by atoms with Crippen molar-refractivity contribution in [2.75, 3.05) is 38.6 Å². The van der Waals surface area contributed by atoms with Crippen molar-refractivity contribution in [1.82, 2.24) is 4.90 Å². The SMILES string of the molecule is Cc1ccc(N(CCN(C)C)CC(C)C)c(C(N)=S)c1. The van der Waals surface area contributed by atoms with Gasteiger partial charge in [-0.05, 0) is 39.1 Å². The molecule has 2 N–H and O–H groups in total. The molecular weight excluding hydrogens is 266 g/mol. The molecule has 0 aromatic heterocycles. The number of hydrogen-bond acceptors (Lipinski definition) is 3. The van der Waals surface area contributed by atoms with Gasteiger partial charge >= 0.3 is 0 Å². The molecule has 0 heterocycles. The summed E-state index contributed by atoms with van der Waals surface area (Å²) in [6.45, 7) is 9.53. The Morgan fingerprint density at radius 2 is 1.90 bits per heavy atom. The standard InChI is InChI=1S/C16H27N3S/c1-12(2)11-19(9-8-18(4)5)15-7-6-13(3)10-14(15)16(17)20/h6-7,10,12H,8-9,11H2,1-5H3,(H2,17,20). The van der Waals surface area contributed by atoms with Gasteiger partial charge in [-0.2, -0.15) is 0 Å². The second kappa shape index (κ2) is 7.60. The first-order valence-electron chi connectivity index (χ1n) is 7.11. The molecule has 0 unspecified atom stereocenters. The van der Waals surface area contributed by atoms with E-state index in [2.05, 4.69) is 62.9 Å². The maximum Gasteiger partial charge on any atom is 0.106 e. The molecule has 0 aliphatic carbocycles. The third-order valence-corrected chi connectivity index (χ3v) is 3.38. The lowest BCUT2D eigenvalue weighted by Gasteiger charge is -2.30. The summed E-state index contributed by atoms with van der Waals surface area (Å²) in [4.78, 5) is 5.06. The third-order valence-electron chi connectivity index (χ3n) is 3.16. The second-order valence-corrected chi connectivity index (χ2v) is 6.47. The summed E-state index contributed by atoms with van der Waals surface area (Å²) in [6, 6.07) is 6.35. The molecule has 112 valence electrons. The fourth-order valence-corrected chi connectivity index (χ4v) is 2.36. The quantitative estimate of drug-likeness (QED) is 0.784. The minimum atomic E-state index is 0.474. The molecule has 20 heavy (non-hydrogen) atoms. The van der Waals surface area contributed by atoms with Crippen LogP contribution in [0.25, 0.3) is 0 Å². The number of likely N-dealkylation sites (N-methyl/N-ethyl adjacent to an activating group) is 1. The number of aryl methyl sites for hydroxylation is 1. The zero-order valence-corrected chi connectivity index (χ0v) is 14.1. The molecule has 3 nitrogen and oxygen atoms in total. The molecule has 1 aromatic carbocycles. The summed E-state index contributed by atoms with van der Waals surface area (Å²) >= 11 is 5.22. The molecule has 0 spiro atoms. The van der Waals surface area contributed by atoms with Crippen LogP contribution < -0.4 is 10.6 Å². The molecule has 0 radical (unpaired) electrons. The Bertz CT molecular complexity index is 455. The third kappa shape index (κ3) is 5.10. The highest BCUT2D eigenvalue weighted by molar-refractivity contribution is 7.80. The van der Waals surface area contributed by atoms with E-state index in [1.807, 2.05) is 0 Å². The van der Waals surface area contributed by atoms with Crippen molar-refractivity contribution in [3.8, 4) is 0 Å². The summed E-state index contributed by atoms with van der Waals surface area (Å²) in [7, 11) is 4.19. The van der Waals surface area contributed by atoms with Crippen LogP contribution in [0, 0.1) is 12.8 Å². The summed E-state index contributed by atoms with van der Waals surface area (Å²) in [5.41, 5.74) is 9.23. The normalized spacial score (nSPS) is 11.2. The topological polar surface area (TPSA) is 32.5 Å². The predicted molar refractivity (Wildman–Crippen MR) is 92.7 cm³/mol. The van der Waals surface area contributed by atoms with Crippen LogP contribution >= 0.6 is 12.2 Å². The van der Waals surface area contributed by atoms with Gasteiger partial charge in [0.05, 0.1) is 0 Å². The lowest BCUT2D eigenvalue weighted by Crippen LogP contribution is -2.35. The molecule has 4 heteroatoms. The van der Waals surface area contributed by atoms with Gasteiger partial charge in [-0.3, -0.25) is 0 Å². The van der Waals surface area contributed by atoms with Crippen LogP contribution in [-0.4, -0.2) is 43.6 Å². The molecule has 0 saturated heterocycles. The van der Waals surface area contributed by atoms with Gasteiger partial charge in [0, 0.05) is 30.9 Å². The van der Waals surface area contributed by atoms with Crippen molar-refractivity contribution >= 4 is 22.9 Å². The molecule has 0 saturated carbocycles. The monoisotopic (exact) mass is 293 g/mol. The van der Waals surface area contributed by atoms with Crippen LogP contribution in [0.15, 0.2) is 18.2 Å². The Labute approximate surface area is 128 Å². The first kappa shape index (κ1) is 16.9. The number of rotatable bonds is 7. The number of thiocarbonyl (C=S) groups is 1. The molecule has 0 atom stereocenters. The number of nitrogens with two attached hydrogens (primary N) is 1. The van der Waals surface area contributed by atoms with E-state index in [0.29, 0.717) is 10.9 Å². The van der Waals surface area contributed by atoms with E-state index in [9.17, 15) is 0 Å². The van der Waals surface area contributed by atoms with E-state index in [0.717, 1.165) is 30.9 Å². The highest BCUT2D eigenvalue weighted by Crippen LogP contribution is 2.23. The number of anilines is 1. The Balaban J connectivity index is 3.08. The van der Waals surface area contributed by atoms with Crippen molar-refractivity contribution in [1.29, 1.82) is 0 Å². The fourth-order valence-electron chi connectivity index (χ4n) is 2.19. The zero-order valence-electron chi connectivity index (χ0n) is 13.3. The Hall–Kier alpha value is -1.13. The highest BCUT2D eigenvalue weighted by Gasteiger charge is 2.14. The first-order chi connectivity index (χ1) is 9.31. The van der Waals surface area contributed by atoms with Gasteiger partial charge in [-0.25, -0.2) is 0 Å². The largest absolute Gasteiger partial charge is 0.389 e. The summed E-state index contributed by atoms with van der Waals surface area (Å²) in [5, 5.41) is 0. The van der Waals surface area contributed by atoms with Crippen LogP contribution in [0.1, 0.15) is 25.0 Å². The van der Waals surface area contributed by atoms with Crippen molar-refractivity contribution < 1.29 is 0 Å². The zero-order chi connectivity index (χ0) is 15.3. The summed E-state index contributed by atoms with van der Waals surface area (Å²) in [6.07, 6.45) is 0. The van der Waals surface area contributed by atoms with E-state index in [1.54, 1.807) is 0 Å². The maximum absolute atomic E-state index is 5.90.